The molecule has 1 aliphatic heterocycles. The number of morpholine rings is 1. The van der Waals surface area contributed by atoms with Crippen LogP contribution < -0.4 is 14.8 Å². The van der Waals surface area contributed by atoms with Gasteiger partial charge in [0.05, 0.1) is 51.5 Å². The molecule has 9 nitrogen and oxygen atoms in total. The molecule has 2 fully saturated rings. The van der Waals surface area contributed by atoms with Gasteiger partial charge < -0.3 is 34.6 Å². The predicted molar refractivity (Wildman–Crippen MR) is 145 cm³/mol. The number of thiazole rings is 1. The van der Waals surface area contributed by atoms with Crippen LogP contribution >= 0.6 is 11.3 Å². The number of amides is 1. The first-order valence-electron chi connectivity index (χ1n) is 13.4. The van der Waals surface area contributed by atoms with E-state index in [9.17, 15) is 15.0 Å². The van der Waals surface area contributed by atoms with Crippen LogP contribution in [-0.4, -0.2) is 79.2 Å². The second kappa shape index (κ2) is 10.6. The highest BCUT2D eigenvalue weighted by Gasteiger charge is 2.59. The molecule has 0 unspecified atom stereocenters. The van der Waals surface area contributed by atoms with Gasteiger partial charge >= 0.3 is 0 Å². The molecule has 1 aromatic heterocycles. The minimum Gasteiger partial charge on any atom is -0.497 e. The number of aliphatic hydroxyl groups is 2. The van der Waals surface area contributed by atoms with Gasteiger partial charge in [0.1, 0.15) is 11.5 Å². The number of aromatic nitrogens is 1. The van der Waals surface area contributed by atoms with Crippen LogP contribution in [0.3, 0.4) is 0 Å². The molecule has 1 saturated carbocycles. The Morgan fingerprint density at radius 1 is 1.26 bits per heavy atom. The van der Waals surface area contributed by atoms with Crippen molar-refractivity contribution in [3.8, 4) is 11.5 Å². The van der Waals surface area contributed by atoms with Crippen LogP contribution in [0, 0.1) is 16.7 Å². The van der Waals surface area contributed by atoms with Crippen molar-refractivity contribution in [2.24, 2.45) is 16.7 Å². The number of carbonyl (C=O) groups is 1. The molecule has 2 heterocycles. The van der Waals surface area contributed by atoms with E-state index in [0.717, 1.165) is 27.8 Å². The maximum absolute atomic E-state index is 13.5. The summed E-state index contributed by atoms with van der Waals surface area (Å²) < 4.78 is 16.4. The lowest BCUT2D eigenvalue weighted by Crippen LogP contribution is -2.58. The lowest BCUT2D eigenvalue weighted by atomic mass is 9.47. The van der Waals surface area contributed by atoms with Crippen molar-refractivity contribution in [3.63, 3.8) is 0 Å². The van der Waals surface area contributed by atoms with E-state index in [2.05, 4.69) is 12.2 Å². The summed E-state index contributed by atoms with van der Waals surface area (Å²) >= 11 is 1.57. The number of hydrogen-bond acceptors (Lipinski definition) is 9. The molecule has 3 aliphatic rings. The molecule has 10 heteroatoms. The Balaban J connectivity index is 1.53. The van der Waals surface area contributed by atoms with Gasteiger partial charge in [-0.2, -0.15) is 0 Å². The summed E-state index contributed by atoms with van der Waals surface area (Å²) in [6, 6.07) is 5.57. The molecule has 1 saturated heterocycles. The van der Waals surface area contributed by atoms with Crippen molar-refractivity contribution >= 4 is 28.1 Å². The summed E-state index contributed by atoms with van der Waals surface area (Å²) in [6.45, 7) is 6.45. The lowest BCUT2D eigenvalue weighted by molar-refractivity contribution is -0.149. The van der Waals surface area contributed by atoms with E-state index in [1.807, 2.05) is 30.0 Å². The largest absolute Gasteiger partial charge is 0.497 e. The van der Waals surface area contributed by atoms with Gasteiger partial charge in [-0.05, 0) is 42.7 Å². The van der Waals surface area contributed by atoms with Crippen LogP contribution in [0.5, 0.6) is 11.5 Å². The van der Waals surface area contributed by atoms with E-state index in [0.29, 0.717) is 57.1 Å². The molecule has 3 N–H and O–H groups in total. The molecule has 5 atom stereocenters. The monoisotopic (exact) mass is 545 g/mol. The summed E-state index contributed by atoms with van der Waals surface area (Å²) in [6.07, 6.45) is 1.84. The lowest BCUT2D eigenvalue weighted by Gasteiger charge is -2.58. The summed E-state index contributed by atoms with van der Waals surface area (Å²) in [5.74, 6) is 1.38. The third-order valence-corrected chi connectivity index (χ3v) is 10.3. The van der Waals surface area contributed by atoms with Crippen LogP contribution in [0.4, 0.5) is 10.8 Å². The number of carbonyl (C=O) groups excluding carboxylic acids is 1. The van der Waals surface area contributed by atoms with Gasteiger partial charge in [0.15, 0.2) is 5.13 Å². The fraction of sp³-hybridized carbons (Fsp3) is 0.643. The maximum atomic E-state index is 13.5. The average Bonchev–Trinajstić information content (AvgIpc) is 3.34. The van der Waals surface area contributed by atoms with E-state index in [4.69, 9.17) is 19.2 Å². The van der Waals surface area contributed by atoms with E-state index in [1.165, 1.54) is 0 Å². The highest BCUT2D eigenvalue weighted by Crippen LogP contribution is 2.63. The highest BCUT2D eigenvalue weighted by molar-refractivity contribution is 7.15. The molecule has 0 bridgehead atoms. The molecule has 5 rings (SSSR count). The second-order valence-electron chi connectivity index (χ2n) is 11.2. The molecule has 208 valence electrons. The van der Waals surface area contributed by atoms with E-state index in [1.54, 1.807) is 25.6 Å². The van der Waals surface area contributed by atoms with Gasteiger partial charge in [0, 0.05) is 41.8 Å². The molecule has 1 aromatic carbocycles. The third kappa shape index (κ3) is 4.65. The van der Waals surface area contributed by atoms with Crippen molar-refractivity contribution in [2.75, 3.05) is 52.4 Å². The van der Waals surface area contributed by atoms with Crippen LogP contribution in [0.15, 0.2) is 18.2 Å². The summed E-state index contributed by atoms with van der Waals surface area (Å²) in [5, 5.41) is 25.7. The summed E-state index contributed by atoms with van der Waals surface area (Å²) in [7, 11) is 3.25. The molecule has 2 aliphatic carbocycles. The first-order valence-corrected chi connectivity index (χ1v) is 14.2. The zero-order chi connectivity index (χ0) is 27.1. The number of ether oxygens (including phenoxy) is 3. The van der Waals surface area contributed by atoms with Gasteiger partial charge in [-0.1, -0.05) is 13.8 Å². The van der Waals surface area contributed by atoms with Gasteiger partial charge in [-0.15, -0.1) is 11.3 Å². The highest BCUT2D eigenvalue weighted by atomic mass is 32.1. The normalized spacial score (nSPS) is 30.8. The Morgan fingerprint density at radius 3 is 2.71 bits per heavy atom. The predicted octanol–water partition coefficient (Wildman–Crippen LogP) is 3.57. The van der Waals surface area contributed by atoms with Crippen LogP contribution in [0.1, 0.15) is 49.6 Å². The van der Waals surface area contributed by atoms with Crippen molar-refractivity contribution in [1.82, 2.24) is 9.88 Å². The average molecular weight is 546 g/mol. The van der Waals surface area contributed by atoms with Gasteiger partial charge in [0.2, 0.25) is 5.91 Å². The van der Waals surface area contributed by atoms with E-state index >= 15 is 0 Å². The van der Waals surface area contributed by atoms with Crippen molar-refractivity contribution in [3.05, 3.63) is 28.8 Å². The van der Waals surface area contributed by atoms with E-state index in [-0.39, 0.29) is 29.8 Å². The Bertz CT molecular complexity index is 1170. The quantitative estimate of drug-likeness (QED) is 0.484. The zero-order valence-electron chi connectivity index (χ0n) is 22.7. The van der Waals surface area contributed by atoms with Crippen molar-refractivity contribution < 1.29 is 29.2 Å². The molecule has 2 aromatic rings. The SMILES string of the molecule is COc1ccc(OC)c(Nc2nc3c(s2)C[C@@H]2[C@](C)(CO)[C@H](O)CC[C@@]2(C)[C@@H]3CC(=O)N2CCOCC2)c1. The topological polar surface area (TPSA) is 113 Å². The molecular formula is C28H39N3O6S. The van der Waals surface area contributed by atoms with Gasteiger partial charge in [-0.25, -0.2) is 4.98 Å². The minimum absolute atomic E-state index is 0.0124. The number of benzene rings is 1. The standard InChI is InChI=1S/C28H39N3O6S/c1-27-8-7-23(33)28(2,16-32)22(27)15-21-25(18(27)14-24(34)31-9-11-37-12-10-31)30-26(38-21)29-19-13-17(35-3)5-6-20(19)36-4/h5-6,13,18,22-23,32-33H,7-12,14-16H2,1-4H3,(H,29,30)/t18-,22+,23-,27+,28+/m1/s1. The third-order valence-electron chi connectivity index (χ3n) is 9.28. The summed E-state index contributed by atoms with van der Waals surface area (Å²) in [4.78, 5) is 21.6. The van der Waals surface area contributed by atoms with Gasteiger partial charge in [-0.3, -0.25) is 4.79 Å². The minimum atomic E-state index is -0.654. The van der Waals surface area contributed by atoms with Crippen LogP contribution in [0.25, 0.3) is 0 Å². The molecule has 1 amide bonds. The Kier molecular flexibility index (Phi) is 7.61. The number of nitrogens with zero attached hydrogens (tertiary/aromatic N) is 2. The molecule has 0 radical (unpaired) electrons. The number of hydrogen-bond donors (Lipinski definition) is 3. The van der Waals surface area contributed by atoms with Crippen molar-refractivity contribution in [1.29, 1.82) is 0 Å². The van der Waals surface area contributed by atoms with E-state index < -0.39 is 11.5 Å². The van der Waals surface area contributed by atoms with Crippen molar-refractivity contribution in [2.45, 2.75) is 51.6 Å². The number of anilines is 2. The Morgan fingerprint density at radius 2 is 2.03 bits per heavy atom. The maximum Gasteiger partial charge on any atom is 0.223 e. The molecule has 38 heavy (non-hydrogen) atoms. The molecular weight excluding hydrogens is 506 g/mol. The zero-order valence-corrected chi connectivity index (χ0v) is 23.5. The second-order valence-corrected chi connectivity index (χ2v) is 12.3. The number of fused-ring (bicyclic) bond motifs is 2. The fourth-order valence-corrected chi connectivity index (χ4v) is 7.92. The Labute approximate surface area is 228 Å². The van der Waals surface area contributed by atoms with Crippen LogP contribution in [0.2, 0.25) is 0 Å². The first kappa shape index (κ1) is 27.2. The summed E-state index contributed by atoms with van der Waals surface area (Å²) in [5.41, 5.74) is 0.762. The smallest absolute Gasteiger partial charge is 0.223 e. The number of aliphatic hydroxyl groups excluding tert-OH is 2. The number of rotatable bonds is 7. The fourth-order valence-electron chi connectivity index (χ4n) is 6.84. The number of methoxy groups -OCH3 is 2. The first-order chi connectivity index (χ1) is 18.2. The molecule has 0 spiro atoms. The van der Waals surface area contributed by atoms with Gasteiger partial charge in [0.25, 0.3) is 0 Å². The van der Waals surface area contributed by atoms with Crippen LogP contribution in [-0.2, 0) is 16.0 Å². The number of nitrogens with one attached hydrogen (secondary N) is 1. The Hall–Kier alpha value is -2.40.